The number of nitrogens with two attached hydrogens (primary N) is 1. The molecule has 1 aromatic rings. The first kappa shape index (κ1) is 14.4. The monoisotopic (exact) mass is 254 g/mol. The molecule has 5 heteroatoms. The highest BCUT2D eigenvalue weighted by molar-refractivity contribution is 5.99. The maximum Gasteiger partial charge on any atom is 0.253 e. The van der Waals surface area contributed by atoms with Gasteiger partial charge in [-0.1, -0.05) is 0 Å². The Morgan fingerprint density at radius 1 is 1.39 bits per heavy atom. The van der Waals surface area contributed by atoms with Gasteiger partial charge >= 0.3 is 0 Å². The van der Waals surface area contributed by atoms with Crippen molar-refractivity contribution in [2.45, 2.75) is 19.3 Å². The highest BCUT2D eigenvalue weighted by Gasteiger charge is 2.09. The number of halogens is 1. The number of rotatable bonds is 7. The Morgan fingerprint density at radius 3 is 2.89 bits per heavy atom. The molecular weight excluding hydrogens is 235 g/mol. The zero-order valence-electron chi connectivity index (χ0n) is 10.5. The number of benzene rings is 1. The van der Waals surface area contributed by atoms with Crippen LogP contribution in [0, 0.1) is 5.82 Å². The second-order valence-corrected chi connectivity index (χ2v) is 4.04. The zero-order valence-corrected chi connectivity index (χ0v) is 10.5. The summed E-state index contributed by atoms with van der Waals surface area (Å²) in [6.45, 7) is 1.28. The van der Waals surface area contributed by atoms with Crippen molar-refractivity contribution in [3.63, 3.8) is 0 Å². The van der Waals surface area contributed by atoms with Crippen LogP contribution in [0.2, 0.25) is 0 Å². The van der Waals surface area contributed by atoms with Gasteiger partial charge in [-0.15, -0.1) is 0 Å². The van der Waals surface area contributed by atoms with Crippen LogP contribution in [0.25, 0.3) is 0 Å². The average molecular weight is 254 g/mol. The van der Waals surface area contributed by atoms with Gasteiger partial charge in [0.1, 0.15) is 5.82 Å². The van der Waals surface area contributed by atoms with Crippen LogP contribution in [-0.2, 0) is 4.74 Å². The molecule has 100 valence electrons. The molecule has 0 unspecified atom stereocenters. The molecule has 0 aliphatic rings. The van der Waals surface area contributed by atoms with Gasteiger partial charge in [-0.25, -0.2) is 4.39 Å². The van der Waals surface area contributed by atoms with Crippen molar-refractivity contribution >= 4 is 11.6 Å². The van der Waals surface area contributed by atoms with E-state index in [1.165, 1.54) is 12.1 Å². The van der Waals surface area contributed by atoms with Gasteiger partial charge in [0.15, 0.2) is 0 Å². The largest absolute Gasteiger partial charge is 0.398 e. The third-order valence-corrected chi connectivity index (χ3v) is 2.57. The summed E-state index contributed by atoms with van der Waals surface area (Å²) in [5, 5.41) is 2.72. The van der Waals surface area contributed by atoms with E-state index in [9.17, 15) is 9.18 Å². The van der Waals surface area contributed by atoms with Crippen LogP contribution >= 0.6 is 0 Å². The first-order valence-electron chi connectivity index (χ1n) is 5.97. The van der Waals surface area contributed by atoms with Gasteiger partial charge in [0.05, 0.1) is 5.56 Å². The minimum absolute atomic E-state index is 0.187. The highest BCUT2D eigenvalue weighted by atomic mass is 19.1. The molecule has 18 heavy (non-hydrogen) atoms. The summed E-state index contributed by atoms with van der Waals surface area (Å²) in [4.78, 5) is 11.7. The van der Waals surface area contributed by atoms with Crippen molar-refractivity contribution in [1.82, 2.24) is 5.32 Å². The minimum Gasteiger partial charge on any atom is -0.398 e. The van der Waals surface area contributed by atoms with Crippen molar-refractivity contribution in [3.8, 4) is 0 Å². The third-order valence-electron chi connectivity index (χ3n) is 2.57. The Balaban J connectivity index is 2.34. The number of ether oxygens (including phenoxy) is 1. The van der Waals surface area contributed by atoms with Crippen molar-refractivity contribution in [2.24, 2.45) is 0 Å². The van der Waals surface area contributed by atoms with E-state index < -0.39 is 5.82 Å². The maximum atomic E-state index is 13.0. The Labute approximate surface area is 106 Å². The Hall–Kier alpha value is -1.62. The smallest absolute Gasteiger partial charge is 0.253 e. The molecule has 4 nitrogen and oxygen atoms in total. The number of hydrogen-bond donors (Lipinski definition) is 2. The number of nitrogen functional groups attached to an aromatic ring is 1. The molecule has 0 bridgehead atoms. The van der Waals surface area contributed by atoms with Crippen LogP contribution in [0.5, 0.6) is 0 Å². The van der Waals surface area contributed by atoms with Crippen LogP contribution < -0.4 is 11.1 Å². The van der Waals surface area contributed by atoms with Gasteiger partial charge < -0.3 is 15.8 Å². The lowest BCUT2D eigenvalue weighted by molar-refractivity contribution is 0.0953. The normalized spacial score (nSPS) is 10.3. The number of anilines is 1. The lowest BCUT2D eigenvalue weighted by Gasteiger charge is -2.07. The number of carbonyl (C=O) groups is 1. The Kier molecular flexibility index (Phi) is 6.14. The van der Waals surface area contributed by atoms with Gasteiger partial charge in [0.2, 0.25) is 0 Å². The molecule has 0 heterocycles. The van der Waals surface area contributed by atoms with E-state index in [4.69, 9.17) is 10.5 Å². The lowest BCUT2D eigenvalue weighted by atomic mass is 10.1. The second kappa shape index (κ2) is 7.66. The summed E-state index contributed by atoms with van der Waals surface area (Å²) < 4.78 is 17.9. The minimum atomic E-state index is -0.463. The number of amides is 1. The van der Waals surface area contributed by atoms with Crippen LogP contribution in [0.3, 0.4) is 0 Å². The van der Waals surface area contributed by atoms with E-state index in [2.05, 4.69) is 5.32 Å². The molecule has 0 radical (unpaired) electrons. The molecule has 1 amide bonds. The molecule has 1 aromatic carbocycles. The van der Waals surface area contributed by atoms with Crippen LogP contribution in [0.15, 0.2) is 18.2 Å². The van der Waals surface area contributed by atoms with Crippen LogP contribution in [0.4, 0.5) is 10.1 Å². The summed E-state index contributed by atoms with van der Waals surface area (Å²) in [6.07, 6.45) is 2.81. The number of hydrogen-bond acceptors (Lipinski definition) is 3. The molecule has 0 atom stereocenters. The van der Waals surface area contributed by atoms with Crippen molar-refractivity contribution in [1.29, 1.82) is 0 Å². The van der Waals surface area contributed by atoms with Gasteiger partial charge in [-0.3, -0.25) is 4.79 Å². The summed E-state index contributed by atoms with van der Waals surface area (Å²) in [7, 11) is 1.66. The molecule has 0 aromatic heterocycles. The second-order valence-electron chi connectivity index (χ2n) is 4.04. The molecule has 0 saturated carbocycles. The standard InChI is InChI=1S/C13H19FN2O2/c1-18-8-4-2-3-7-16-13(17)11-9-10(14)5-6-12(11)15/h5-6,9H,2-4,7-8,15H2,1H3,(H,16,17). The van der Waals surface area contributed by atoms with Crippen molar-refractivity contribution < 1.29 is 13.9 Å². The number of methoxy groups -OCH3 is 1. The third kappa shape index (κ3) is 4.71. The molecule has 0 aliphatic carbocycles. The molecule has 3 N–H and O–H groups in total. The molecule has 0 fully saturated rings. The molecule has 0 aliphatic heterocycles. The van der Waals surface area contributed by atoms with Gasteiger partial charge in [0, 0.05) is 25.9 Å². The summed E-state index contributed by atoms with van der Waals surface area (Å²) in [5.74, 6) is -0.798. The fourth-order valence-corrected chi connectivity index (χ4v) is 1.57. The number of nitrogens with one attached hydrogen (secondary N) is 1. The van der Waals surface area contributed by atoms with E-state index in [1.807, 2.05) is 0 Å². The molecule has 1 rings (SSSR count). The van der Waals surface area contributed by atoms with Crippen LogP contribution in [0.1, 0.15) is 29.6 Å². The van der Waals surface area contributed by atoms with E-state index >= 15 is 0 Å². The average Bonchev–Trinajstić information content (AvgIpc) is 2.36. The zero-order chi connectivity index (χ0) is 13.4. The highest BCUT2D eigenvalue weighted by Crippen LogP contribution is 2.13. The fraction of sp³-hybridized carbons (Fsp3) is 0.462. The molecular formula is C13H19FN2O2. The number of unbranched alkanes of at least 4 members (excludes halogenated alkanes) is 2. The SMILES string of the molecule is COCCCCCNC(=O)c1cc(F)ccc1N. The van der Waals surface area contributed by atoms with Crippen LogP contribution in [-0.4, -0.2) is 26.2 Å². The summed E-state index contributed by atoms with van der Waals surface area (Å²) in [6, 6.07) is 3.77. The maximum absolute atomic E-state index is 13.0. The first-order chi connectivity index (χ1) is 8.65. The summed E-state index contributed by atoms with van der Waals surface area (Å²) >= 11 is 0. The predicted molar refractivity (Wildman–Crippen MR) is 68.9 cm³/mol. The van der Waals surface area contributed by atoms with Gasteiger partial charge in [0.25, 0.3) is 5.91 Å². The van der Waals surface area contributed by atoms with E-state index in [-0.39, 0.29) is 17.2 Å². The number of carbonyl (C=O) groups excluding carboxylic acids is 1. The van der Waals surface area contributed by atoms with E-state index in [0.29, 0.717) is 6.54 Å². The quantitative estimate of drug-likeness (QED) is 0.577. The van der Waals surface area contributed by atoms with E-state index in [1.54, 1.807) is 7.11 Å². The molecule has 0 saturated heterocycles. The topological polar surface area (TPSA) is 64.3 Å². The van der Waals surface area contributed by atoms with Gasteiger partial charge in [-0.05, 0) is 37.5 Å². The van der Waals surface area contributed by atoms with Crippen molar-refractivity contribution in [3.05, 3.63) is 29.6 Å². The molecule has 0 spiro atoms. The van der Waals surface area contributed by atoms with Crippen molar-refractivity contribution in [2.75, 3.05) is 26.0 Å². The first-order valence-corrected chi connectivity index (χ1v) is 5.97. The van der Waals surface area contributed by atoms with E-state index in [0.717, 1.165) is 31.9 Å². The summed E-state index contributed by atoms with van der Waals surface area (Å²) in [5.41, 5.74) is 6.09. The Bertz CT molecular complexity index is 397. The lowest BCUT2D eigenvalue weighted by Crippen LogP contribution is -2.25. The van der Waals surface area contributed by atoms with Gasteiger partial charge in [-0.2, -0.15) is 0 Å². The fourth-order valence-electron chi connectivity index (χ4n) is 1.57. The predicted octanol–water partition coefficient (Wildman–Crippen LogP) is 1.95. The Morgan fingerprint density at radius 2 is 2.17 bits per heavy atom.